The van der Waals surface area contributed by atoms with Gasteiger partial charge in [0.1, 0.15) is 0 Å². The maximum absolute atomic E-state index is 9.23. The van der Waals surface area contributed by atoms with E-state index in [-0.39, 0.29) is 0 Å². The molecule has 2 heteroatoms. The molecule has 1 saturated heterocycles. The molecule has 1 fully saturated rings. The minimum Gasteiger partial charge on any atom is -0.339 e. The summed E-state index contributed by atoms with van der Waals surface area (Å²) in [6.07, 6.45) is 0.969. The third-order valence-electron chi connectivity index (χ3n) is 6.16. The van der Waals surface area contributed by atoms with Crippen molar-refractivity contribution < 1.29 is 0 Å². The minimum absolute atomic E-state index is 0.567. The van der Waals surface area contributed by atoms with Crippen molar-refractivity contribution in [2.45, 2.75) is 41.5 Å². The highest BCUT2D eigenvalue weighted by Gasteiger charge is 2.39. The SMILES string of the molecule is [C]=C([C]1N(c2c(C)cc(C)cc2C)CCN1c1c(C)cc(C)cc1C)c1ccccc1. The summed E-state index contributed by atoms with van der Waals surface area (Å²) in [5.74, 6) is 0. The minimum atomic E-state index is 0.567. The van der Waals surface area contributed by atoms with Crippen LogP contribution in [0.15, 0.2) is 54.6 Å². The van der Waals surface area contributed by atoms with Gasteiger partial charge in [-0.3, -0.25) is 0 Å². The van der Waals surface area contributed by atoms with Crippen LogP contribution in [-0.2, 0) is 0 Å². The Bertz CT molecular complexity index is 1020. The molecule has 1 heterocycles. The van der Waals surface area contributed by atoms with Crippen molar-refractivity contribution in [2.24, 2.45) is 0 Å². The van der Waals surface area contributed by atoms with Crippen LogP contribution >= 0.6 is 0 Å². The number of nitrogens with zero attached hydrogens (tertiary/aromatic N) is 2. The highest BCUT2D eigenvalue weighted by Crippen LogP contribution is 2.44. The van der Waals surface area contributed by atoms with Gasteiger partial charge in [0.15, 0.2) is 6.17 Å². The third kappa shape index (κ3) is 3.87. The summed E-state index contributed by atoms with van der Waals surface area (Å²) < 4.78 is 0. The number of rotatable bonds is 4. The summed E-state index contributed by atoms with van der Waals surface area (Å²) in [4.78, 5) is 4.72. The van der Waals surface area contributed by atoms with Crippen LogP contribution < -0.4 is 9.80 Å². The van der Waals surface area contributed by atoms with E-state index < -0.39 is 0 Å². The van der Waals surface area contributed by atoms with Crippen molar-refractivity contribution in [1.82, 2.24) is 0 Å². The van der Waals surface area contributed by atoms with Crippen molar-refractivity contribution in [3.63, 3.8) is 0 Å². The number of hydrogen-bond donors (Lipinski definition) is 0. The summed E-state index contributed by atoms with van der Waals surface area (Å²) >= 11 is 0. The number of hydrogen-bond acceptors (Lipinski definition) is 2. The van der Waals surface area contributed by atoms with Gasteiger partial charge in [0.2, 0.25) is 0 Å². The molecular formula is C29H31N2. The van der Waals surface area contributed by atoms with Gasteiger partial charge < -0.3 is 9.80 Å². The second kappa shape index (κ2) is 8.26. The Labute approximate surface area is 187 Å². The number of anilines is 2. The van der Waals surface area contributed by atoms with E-state index in [4.69, 9.17) is 0 Å². The monoisotopic (exact) mass is 407 g/mol. The Hall–Kier alpha value is -3.00. The van der Waals surface area contributed by atoms with Crippen LogP contribution in [-0.4, -0.2) is 13.1 Å². The van der Waals surface area contributed by atoms with Crippen molar-refractivity contribution >= 4 is 16.9 Å². The first-order chi connectivity index (χ1) is 14.8. The zero-order valence-electron chi connectivity index (χ0n) is 19.5. The largest absolute Gasteiger partial charge is 0.339 e. The smallest absolute Gasteiger partial charge is 0.189 e. The Morgan fingerprint density at radius 3 is 1.42 bits per heavy atom. The van der Waals surface area contributed by atoms with E-state index in [1.54, 1.807) is 0 Å². The lowest BCUT2D eigenvalue weighted by molar-refractivity contribution is 0.959. The highest BCUT2D eigenvalue weighted by molar-refractivity contribution is 5.86. The molecule has 2 nitrogen and oxygen atoms in total. The van der Waals surface area contributed by atoms with Crippen molar-refractivity contribution in [1.29, 1.82) is 0 Å². The molecule has 157 valence electrons. The average molecular weight is 408 g/mol. The second-order valence-electron chi connectivity index (χ2n) is 8.86. The summed E-state index contributed by atoms with van der Waals surface area (Å²) in [7, 11) is 0. The average Bonchev–Trinajstić information content (AvgIpc) is 3.10. The zero-order chi connectivity index (χ0) is 22.3. The molecule has 0 aromatic heterocycles. The summed E-state index contributed by atoms with van der Waals surface area (Å²) in [5, 5.41) is 0. The Morgan fingerprint density at radius 1 is 0.645 bits per heavy atom. The molecule has 3 aromatic rings. The molecule has 0 aliphatic carbocycles. The second-order valence-corrected chi connectivity index (χ2v) is 8.86. The summed E-state index contributed by atoms with van der Waals surface area (Å²) in [5.41, 5.74) is 11.6. The fourth-order valence-corrected chi connectivity index (χ4v) is 5.19. The van der Waals surface area contributed by atoms with Gasteiger partial charge in [0, 0.05) is 30.0 Å². The molecule has 31 heavy (non-hydrogen) atoms. The van der Waals surface area contributed by atoms with Gasteiger partial charge in [0.25, 0.3) is 0 Å². The Kier molecular flexibility index (Phi) is 5.66. The standard InChI is InChI=1S/C29H31N2/c1-19-15-21(3)27(22(4)16-19)30-13-14-31(28-23(5)17-20(2)18-24(28)6)29(30)25(7)26-11-9-8-10-12-26/h8-12,15-18H,13-14H2,1-6H3. The fourth-order valence-electron chi connectivity index (χ4n) is 5.19. The first-order valence-corrected chi connectivity index (χ1v) is 11.0. The van der Waals surface area contributed by atoms with Gasteiger partial charge >= 0.3 is 0 Å². The van der Waals surface area contributed by atoms with Gasteiger partial charge in [-0.25, -0.2) is 0 Å². The molecule has 4 rings (SSSR count). The van der Waals surface area contributed by atoms with Crippen LogP contribution in [0.4, 0.5) is 11.4 Å². The van der Waals surface area contributed by atoms with E-state index in [9.17, 15) is 6.58 Å². The fraction of sp³-hybridized carbons (Fsp3) is 0.276. The molecule has 0 saturated carbocycles. The van der Waals surface area contributed by atoms with E-state index in [0.717, 1.165) is 24.8 Å². The molecule has 3 radical (unpaired) electrons. The molecule has 0 bridgehead atoms. The van der Waals surface area contributed by atoms with Crippen LogP contribution in [0.3, 0.4) is 0 Å². The van der Waals surface area contributed by atoms with Crippen LogP contribution in [0, 0.1) is 54.3 Å². The molecule has 1 aliphatic heterocycles. The highest BCUT2D eigenvalue weighted by atomic mass is 15.4. The van der Waals surface area contributed by atoms with Gasteiger partial charge in [-0.05, 0) is 75.9 Å². The normalized spacial score (nSPS) is 14.4. The summed E-state index contributed by atoms with van der Waals surface area (Å²) in [6.45, 7) is 24.0. The lowest BCUT2D eigenvalue weighted by Crippen LogP contribution is -2.33. The third-order valence-corrected chi connectivity index (χ3v) is 6.16. The molecule has 0 spiro atoms. The van der Waals surface area contributed by atoms with E-state index in [1.807, 2.05) is 30.3 Å². The van der Waals surface area contributed by atoms with Gasteiger partial charge in [-0.1, -0.05) is 65.7 Å². The van der Waals surface area contributed by atoms with Gasteiger partial charge in [-0.2, -0.15) is 0 Å². The lowest BCUT2D eigenvalue weighted by atomic mass is 9.98. The Morgan fingerprint density at radius 2 is 1.03 bits per heavy atom. The van der Waals surface area contributed by atoms with Crippen molar-refractivity contribution in [2.75, 3.05) is 22.9 Å². The van der Waals surface area contributed by atoms with Gasteiger partial charge in [0.05, 0.1) is 0 Å². The molecule has 0 amide bonds. The molecule has 0 unspecified atom stereocenters. The quantitative estimate of drug-likeness (QED) is 0.472. The predicted molar refractivity (Wildman–Crippen MR) is 132 cm³/mol. The molecule has 3 aromatic carbocycles. The van der Waals surface area contributed by atoms with Crippen LogP contribution in [0.5, 0.6) is 0 Å². The molecule has 0 N–H and O–H groups in total. The molecule has 1 aliphatic rings. The lowest BCUT2D eigenvalue weighted by Gasteiger charge is -2.35. The number of benzene rings is 3. The maximum Gasteiger partial charge on any atom is 0.189 e. The Balaban J connectivity index is 1.87. The van der Waals surface area contributed by atoms with Gasteiger partial charge in [-0.15, -0.1) is 0 Å². The van der Waals surface area contributed by atoms with Crippen molar-refractivity contribution in [3.8, 4) is 0 Å². The van der Waals surface area contributed by atoms with E-state index in [0.29, 0.717) is 5.57 Å². The topological polar surface area (TPSA) is 6.48 Å². The predicted octanol–water partition coefficient (Wildman–Crippen LogP) is 6.75. The van der Waals surface area contributed by atoms with Crippen LogP contribution in [0.1, 0.15) is 38.9 Å². The van der Waals surface area contributed by atoms with Crippen LogP contribution in [0.25, 0.3) is 5.57 Å². The first-order valence-electron chi connectivity index (χ1n) is 11.0. The van der Waals surface area contributed by atoms with E-state index >= 15 is 0 Å². The molecular weight excluding hydrogens is 376 g/mol. The first kappa shape index (κ1) is 21.2. The maximum atomic E-state index is 9.23. The number of aryl methyl sites for hydroxylation is 6. The van der Waals surface area contributed by atoms with E-state index in [1.165, 1.54) is 44.8 Å². The molecule has 0 atom stereocenters. The van der Waals surface area contributed by atoms with E-state index in [2.05, 4.69) is 75.6 Å². The van der Waals surface area contributed by atoms with Crippen LogP contribution in [0.2, 0.25) is 0 Å². The summed E-state index contributed by atoms with van der Waals surface area (Å²) in [6, 6.07) is 19.1. The zero-order valence-corrected chi connectivity index (χ0v) is 19.5. The van der Waals surface area contributed by atoms with Crippen molar-refractivity contribution in [3.05, 3.63) is 106 Å².